The molecule has 2 saturated heterocycles. The monoisotopic (exact) mass is 524 g/mol. The molecular formula is C28H33FN4O5. The third-order valence-corrected chi connectivity index (χ3v) is 7.00. The second kappa shape index (κ2) is 11.4. The molecule has 202 valence electrons. The smallest absolute Gasteiger partial charge is 0.322 e. The number of carbonyl (C=O) groups excluding carboxylic acids is 2. The Bertz CT molecular complexity index is 1260. The van der Waals surface area contributed by atoms with Crippen molar-refractivity contribution < 1.29 is 27.9 Å². The van der Waals surface area contributed by atoms with E-state index in [2.05, 4.69) is 5.32 Å². The van der Waals surface area contributed by atoms with Crippen LogP contribution in [0.25, 0.3) is 0 Å². The highest BCUT2D eigenvalue weighted by Gasteiger charge is 2.41. The number of furan rings is 1. The highest BCUT2D eigenvalue weighted by atomic mass is 19.1. The zero-order chi connectivity index (χ0) is 26.5. The number of anilines is 1. The number of nitrogens with one attached hydrogen (secondary N) is 1. The van der Waals surface area contributed by atoms with Crippen LogP contribution >= 0.6 is 0 Å². The molecule has 2 fully saturated rings. The number of hydrogen-bond donors (Lipinski definition) is 1. The van der Waals surface area contributed by atoms with E-state index in [4.69, 9.17) is 13.9 Å². The number of aromatic nitrogens is 1. The molecule has 0 radical (unpaired) electrons. The van der Waals surface area contributed by atoms with Gasteiger partial charge in [-0.25, -0.2) is 9.18 Å². The van der Waals surface area contributed by atoms with Gasteiger partial charge in [0.25, 0.3) is 5.91 Å². The fourth-order valence-electron chi connectivity index (χ4n) is 4.96. The van der Waals surface area contributed by atoms with Gasteiger partial charge in [-0.1, -0.05) is 19.1 Å². The van der Waals surface area contributed by atoms with Crippen LogP contribution in [-0.4, -0.2) is 64.9 Å². The zero-order valence-electron chi connectivity index (χ0n) is 21.5. The molecule has 0 saturated carbocycles. The molecule has 0 aliphatic carbocycles. The fourth-order valence-corrected chi connectivity index (χ4v) is 4.96. The first kappa shape index (κ1) is 26.0. The molecule has 1 aromatic carbocycles. The minimum absolute atomic E-state index is 0.143. The van der Waals surface area contributed by atoms with Crippen LogP contribution in [0.4, 0.5) is 14.9 Å². The summed E-state index contributed by atoms with van der Waals surface area (Å²) in [7, 11) is 0. The molecule has 10 heteroatoms. The molecule has 3 aromatic rings. The molecule has 0 unspecified atom stereocenters. The van der Waals surface area contributed by atoms with Crippen LogP contribution in [-0.2, 0) is 22.6 Å². The summed E-state index contributed by atoms with van der Waals surface area (Å²) in [5.41, 5.74) is 1.04. The largest absolute Gasteiger partial charge is 0.454 e. The number of nitrogens with zero attached hydrogens (tertiary/aromatic N) is 3. The van der Waals surface area contributed by atoms with E-state index in [0.29, 0.717) is 70.3 Å². The van der Waals surface area contributed by atoms with Crippen molar-refractivity contribution in [3.63, 3.8) is 0 Å². The van der Waals surface area contributed by atoms with E-state index in [1.54, 1.807) is 34.1 Å². The zero-order valence-corrected chi connectivity index (χ0v) is 21.5. The number of ether oxygens (including phenoxy) is 2. The van der Waals surface area contributed by atoms with Crippen molar-refractivity contribution in [3.8, 4) is 0 Å². The van der Waals surface area contributed by atoms with E-state index in [1.807, 2.05) is 29.8 Å². The lowest BCUT2D eigenvalue weighted by molar-refractivity contribution is -0.181. The number of amides is 3. The van der Waals surface area contributed by atoms with E-state index >= 15 is 0 Å². The van der Waals surface area contributed by atoms with Gasteiger partial charge in [0.05, 0.1) is 32.0 Å². The average molecular weight is 525 g/mol. The summed E-state index contributed by atoms with van der Waals surface area (Å²) < 4.78 is 33.4. The van der Waals surface area contributed by atoms with Gasteiger partial charge in [-0.2, -0.15) is 0 Å². The van der Waals surface area contributed by atoms with Gasteiger partial charge >= 0.3 is 6.03 Å². The predicted molar refractivity (Wildman–Crippen MR) is 138 cm³/mol. The molecular weight excluding hydrogens is 491 g/mol. The quantitative estimate of drug-likeness (QED) is 0.462. The third-order valence-electron chi connectivity index (χ3n) is 7.00. The van der Waals surface area contributed by atoms with Gasteiger partial charge in [0.1, 0.15) is 11.6 Å². The lowest BCUT2D eigenvalue weighted by atomic mass is 10.0. The van der Waals surface area contributed by atoms with Crippen LogP contribution in [0.1, 0.15) is 48.2 Å². The Kier molecular flexibility index (Phi) is 7.80. The van der Waals surface area contributed by atoms with E-state index in [0.717, 1.165) is 12.1 Å². The normalized spacial score (nSPS) is 16.6. The van der Waals surface area contributed by atoms with Crippen LogP contribution in [0.5, 0.6) is 0 Å². The van der Waals surface area contributed by atoms with E-state index in [9.17, 15) is 14.0 Å². The number of carbonyl (C=O) groups is 2. The standard InChI is InChI=1S/C28H33FN4O5/c1-2-13-33(27(35)30-24-8-4-3-7-23(24)29)19-21-6-5-14-32(21)20-22-9-10-25(38-22)26(34)31-15-11-28(12-16-31)36-17-18-37-28/h3-10,14H,2,11-13,15-20H2,1H3,(H,30,35). The fraction of sp³-hybridized carbons (Fsp3) is 0.429. The third kappa shape index (κ3) is 5.76. The summed E-state index contributed by atoms with van der Waals surface area (Å²) in [4.78, 5) is 29.4. The lowest BCUT2D eigenvalue weighted by Gasteiger charge is -2.37. The molecule has 2 aromatic heterocycles. The Balaban J connectivity index is 1.21. The molecule has 38 heavy (non-hydrogen) atoms. The number of rotatable bonds is 8. The first-order valence-corrected chi connectivity index (χ1v) is 13.1. The Hall–Kier alpha value is -3.63. The maximum atomic E-state index is 14.0. The van der Waals surface area contributed by atoms with Crippen LogP contribution in [0.2, 0.25) is 0 Å². The van der Waals surface area contributed by atoms with Crippen molar-refractivity contribution >= 4 is 17.6 Å². The van der Waals surface area contributed by atoms with Crippen molar-refractivity contribution in [1.82, 2.24) is 14.4 Å². The maximum Gasteiger partial charge on any atom is 0.322 e. The molecule has 0 bridgehead atoms. The van der Waals surface area contributed by atoms with Gasteiger partial charge in [-0.05, 0) is 42.8 Å². The van der Waals surface area contributed by atoms with Gasteiger partial charge < -0.3 is 33.6 Å². The molecule has 3 amide bonds. The van der Waals surface area contributed by atoms with Crippen LogP contribution in [0.15, 0.2) is 59.1 Å². The minimum atomic E-state index is -0.534. The van der Waals surface area contributed by atoms with Gasteiger partial charge in [-0.3, -0.25) is 4.79 Å². The van der Waals surface area contributed by atoms with Crippen molar-refractivity contribution in [2.75, 3.05) is 38.2 Å². The van der Waals surface area contributed by atoms with Crippen LogP contribution < -0.4 is 5.32 Å². The molecule has 0 atom stereocenters. The van der Waals surface area contributed by atoms with Gasteiger partial charge in [0.15, 0.2) is 11.5 Å². The Morgan fingerprint density at radius 3 is 2.55 bits per heavy atom. The Labute approximate surface area is 221 Å². The van der Waals surface area contributed by atoms with Crippen molar-refractivity contribution in [2.24, 2.45) is 0 Å². The average Bonchev–Trinajstić information content (AvgIpc) is 3.68. The van der Waals surface area contributed by atoms with E-state index < -0.39 is 11.6 Å². The Morgan fingerprint density at radius 1 is 1.05 bits per heavy atom. The van der Waals surface area contributed by atoms with Crippen molar-refractivity contribution in [3.05, 3.63) is 77.8 Å². The highest BCUT2D eigenvalue weighted by Crippen LogP contribution is 2.32. The topological polar surface area (TPSA) is 89.2 Å². The minimum Gasteiger partial charge on any atom is -0.454 e. The first-order chi connectivity index (χ1) is 18.5. The number of halogens is 1. The highest BCUT2D eigenvalue weighted by molar-refractivity contribution is 5.91. The molecule has 2 aliphatic heterocycles. The van der Waals surface area contributed by atoms with Crippen molar-refractivity contribution in [1.29, 1.82) is 0 Å². The Morgan fingerprint density at radius 2 is 1.82 bits per heavy atom. The number of benzene rings is 1. The van der Waals surface area contributed by atoms with Gasteiger partial charge in [0.2, 0.25) is 0 Å². The number of para-hydroxylation sites is 1. The maximum absolute atomic E-state index is 14.0. The second-order valence-electron chi connectivity index (χ2n) is 9.62. The number of likely N-dealkylation sites (tertiary alicyclic amines) is 1. The first-order valence-electron chi connectivity index (χ1n) is 13.1. The predicted octanol–water partition coefficient (Wildman–Crippen LogP) is 4.69. The summed E-state index contributed by atoms with van der Waals surface area (Å²) in [6, 6.07) is 13.1. The van der Waals surface area contributed by atoms with Gasteiger partial charge in [-0.15, -0.1) is 0 Å². The van der Waals surface area contributed by atoms with E-state index in [-0.39, 0.29) is 17.6 Å². The van der Waals surface area contributed by atoms with Crippen LogP contribution in [0, 0.1) is 5.82 Å². The number of urea groups is 1. The SMILES string of the molecule is CCCN(Cc1cccn1Cc1ccc(C(=O)N2CCC3(CC2)OCCO3)o1)C(=O)Nc1ccccc1F. The molecule has 1 N–H and O–H groups in total. The number of piperidine rings is 1. The lowest BCUT2D eigenvalue weighted by Crippen LogP contribution is -2.47. The summed E-state index contributed by atoms with van der Waals surface area (Å²) in [6.07, 6.45) is 3.96. The van der Waals surface area contributed by atoms with Gasteiger partial charge in [0, 0.05) is 44.4 Å². The summed E-state index contributed by atoms with van der Waals surface area (Å²) in [6.45, 7) is 5.56. The van der Waals surface area contributed by atoms with Crippen LogP contribution in [0.3, 0.4) is 0 Å². The molecule has 4 heterocycles. The molecule has 5 rings (SSSR count). The molecule has 1 spiro atoms. The van der Waals surface area contributed by atoms with Crippen molar-refractivity contribution in [2.45, 2.75) is 45.1 Å². The summed E-state index contributed by atoms with van der Waals surface area (Å²) >= 11 is 0. The molecule has 2 aliphatic rings. The summed E-state index contributed by atoms with van der Waals surface area (Å²) in [5.74, 6) is -0.216. The molecule has 9 nitrogen and oxygen atoms in total. The summed E-state index contributed by atoms with van der Waals surface area (Å²) in [5, 5.41) is 2.67. The van der Waals surface area contributed by atoms with E-state index in [1.165, 1.54) is 12.1 Å². The second-order valence-corrected chi connectivity index (χ2v) is 9.62. The number of hydrogen-bond acceptors (Lipinski definition) is 5.